The number of hydrogen-bond donors (Lipinski definition) is 0. The number of imide groups is 1. The van der Waals surface area contributed by atoms with E-state index in [0.29, 0.717) is 12.4 Å². The highest BCUT2D eigenvalue weighted by molar-refractivity contribution is 6.22. The highest BCUT2D eigenvalue weighted by Crippen LogP contribution is 2.49. The number of rotatable bonds is 3. The van der Waals surface area contributed by atoms with Gasteiger partial charge in [0.25, 0.3) is 0 Å². The number of anilines is 1. The van der Waals surface area contributed by atoms with Crippen molar-refractivity contribution < 1.29 is 14.3 Å². The second kappa shape index (κ2) is 5.51. The van der Waals surface area contributed by atoms with Crippen molar-refractivity contribution >= 4 is 17.6 Å². The molecule has 1 aromatic carbocycles. The van der Waals surface area contributed by atoms with Crippen LogP contribution in [0.15, 0.2) is 30.3 Å². The van der Waals surface area contributed by atoms with Gasteiger partial charge in [0.05, 0.1) is 30.6 Å². The molecule has 134 valence electrons. The molecule has 6 nitrogen and oxygen atoms in total. The fraction of sp³-hybridized carbons (Fsp3) is 0.450. The first-order valence-corrected chi connectivity index (χ1v) is 9.17. The Morgan fingerprint density at radius 2 is 1.73 bits per heavy atom. The van der Waals surface area contributed by atoms with Crippen molar-refractivity contribution in [3.63, 3.8) is 0 Å². The van der Waals surface area contributed by atoms with E-state index in [0.717, 1.165) is 18.5 Å². The van der Waals surface area contributed by atoms with Crippen LogP contribution in [-0.4, -0.2) is 33.8 Å². The van der Waals surface area contributed by atoms with Crippen molar-refractivity contribution in [2.45, 2.75) is 45.4 Å². The summed E-state index contributed by atoms with van der Waals surface area (Å²) < 4.78 is 7.65. The lowest BCUT2D eigenvalue weighted by molar-refractivity contribution is -0.124. The van der Waals surface area contributed by atoms with Crippen molar-refractivity contribution in [1.29, 1.82) is 0 Å². The Labute approximate surface area is 151 Å². The lowest BCUT2D eigenvalue weighted by Crippen LogP contribution is -2.34. The van der Waals surface area contributed by atoms with Crippen LogP contribution in [0.2, 0.25) is 0 Å². The van der Waals surface area contributed by atoms with Crippen LogP contribution in [0.1, 0.15) is 29.7 Å². The van der Waals surface area contributed by atoms with Crippen molar-refractivity contribution in [1.82, 2.24) is 9.78 Å². The van der Waals surface area contributed by atoms with Gasteiger partial charge in [-0.3, -0.25) is 14.3 Å². The summed E-state index contributed by atoms with van der Waals surface area (Å²) >= 11 is 0. The van der Waals surface area contributed by atoms with Crippen molar-refractivity contribution in [2.24, 2.45) is 11.8 Å². The third kappa shape index (κ3) is 2.11. The van der Waals surface area contributed by atoms with Gasteiger partial charge < -0.3 is 4.74 Å². The van der Waals surface area contributed by atoms with Gasteiger partial charge in [0, 0.05) is 11.8 Å². The zero-order chi connectivity index (χ0) is 18.0. The number of ether oxygens (including phenoxy) is 1. The van der Waals surface area contributed by atoms with Crippen molar-refractivity contribution in [3.05, 3.63) is 47.2 Å². The molecule has 2 bridgehead atoms. The first-order chi connectivity index (χ1) is 12.5. The van der Waals surface area contributed by atoms with E-state index in [1.54, 1.807) is 0 Å². The molecule has 0 unspecified atom stereocenters. The van der Waals surface area contributed by atoms with E-state index in [4.69, 9.17) is 4.74 Å². The van der Waals surface area contributed by atoms with Gasteiger partial charge in [0.2, 0.25) is 11.8 Å². The van der Waals surface area contributed by atoms with Gasteiger partial charge in [-0.1, -0.05) is 24.3 Å². The number of carbonyl (C=O) groups is 2. The molecule has 4 atom stereocenters. The minimum Gasteiger partial charge on any atom is -0.373 e. The number of amides is 2. The Morgan fingerprint density at radius 1 is 1.08 bits per heavy atom. The summed E-state index contributed by atoms with van der Waals surface area (Å²) in [6.07, 6.45) is 1.56. The van der Waals surface area contributed by atoms with Gasteiger partial charge >= 0.3 is 0 Å². The summed E-state index contributed by atoms with van der Waals surface area (Å²) in [5, 5.41) is 4.59. The van der Waals surface area contributed by atoms with Gasteiger partial charge in [-0.25, -0.2) is 4.90 Å². The molecule has 3 saturated heterocycles. The second-order valence-electron chi connectivity index (χ2n) is 7.58. The number of carbonyl (C=O) groups excluding carboxylic acids is 2. The zero-order valence-electron chi connectivity index (χ0n) is 14.9. The average molecular weight is 351 g/mol. The molecule has 0 N–H and O–H groups in total. The first-order valence-electron chi connectivity index (χ1n) is 9.17. The maximum Gasteiger partial charge on any atom is 0.241 e. The summed E-state index contributed by atoms with van der Waals surface area (Å²) in [5.74, 6) is -0.480. The van der Waals surface area contributed by atoms with Crippen molar-refractivity contribution in [3.8, 4) is 0 Å². The molecule has 0 radical (unpaired) electrons. The summed E-state index contributed by atoms with van der Waals surface area (Å²) in [4.78, 5) is 27.1. The molecule has 1 aromatic heterocycles. The predicted octanol–water partition coefficient (Wildman–Crippen LogP) is 2.22. The molecule has 0 saturated carbocycles. The highest BCUT2D eigenvalue weighted by atomic mass is 16.5. The molecule has 0 spiro atoms. The maximum absolute atomic E-state index is 12.9. The van der Waals surface area contributed by atoms with Crippen molar-refractivity contribution in [2.75, 3.05) is 4.90 Å². The molecule has 5 rings (SSSR count). The third-order valence-electron chi connectivity index (χ3n) is 6.06. The quantitative estimate of drug-likeness (QED) is 0.796. The lowest BCUT2D eigenvalue weighted by Gasteiger charge is -2.15. The van der Waals surface area contributed by atoms with E-state index in [1.165, 1.54) is 16.0 Å². The van der Waals surface area contributed by atoms with Crippen LogP contribution in [0.3, 0.4) is 0 Å². The first kappa shape index (κ1) is 15.8. The molecule has 2 amide bonds. The number of aryl methyl sites for hydroxylation is 2. The third-order valence-corrected chi connectivity index (χ3v) is 6.06. The Morgan fingerprint density at radius 3 is 2.38 bits per heavy atom. The van der Waals surface area contributed by atoms with E-state index >= 15 is 0 Å². The van der Waals surface area contributed by atoms with Crippen LogP contribution < -0.4 is 4.90 Å². The Kier molecular flexibility index (Phi) is 3.34. The summed E-state index contributed by atoms with van der Waals surface area (Å²) in [7, 11) is 0. The highest BCUT2D eigenvalue weighted by Gasteiger charge is 2.63. The standard InChI is InChI=1S/C20H21N3O3/c1-11-5-3-4-6-13(11)10-22-12(2)9-16(21-22)23-19(24)17-14-7-8-15(26-14)18(17)20(23)25/h3-6,9,14-15,17-18H,7-8,10H2,1-2H3/t14-,15+,17-,18+. The molecule has 2 aromatic rings. The van der Waals surface area contributed by atoms with Crippen LogP contribution in [0, 0.1) is 25.7 Å². The average Bonchev–Trinajstić information content (AvgIpc) is 3.35. The number of benzene rings is 1. The van der Waals surface area contributed by atoms with Crippen LogP contribution in [0.4, 0.5) is 5.82 Å². The monoisotopic (exact) mass is 351 g/mol. The smallest absolute Gasteiger partial charge is 0.241 e. The largest absolute Gasteiger partial charge is 0.373 e. The van der Waals surface area contributed by atoms with Gasteiger partial charge in [-0.05, 0) is 37.8 Å². The summed E-state index contributed by atoms with van der Waals surface area (Å²) in [6, 6.07) is 9.99. The van der Waals surface area contributed by atoms with E-state index in [1.807, 2.05) is 29.8 Å². The Bertz CT molecular complexity index is 891. The van der Waals surface area contributed by atoms with Crippen LogP contribution in [-0.2, 0) is 20.9 Å². The Balaban J connectivity index is 1.46. The minimum absolute atomic E-state index is 0.0957. The van der Waals surface area contributed by atoms with Crippen LogP contribution >= 0.6 is 0 Å². The minimum atomic E-state index is -0.317. The molecule has 26 heavy (non-hydrogen) atoms. The predicted molar refractivity (Wildman–Crippen MR) is 94.6 cm³/mol. The van der Waals surface area contributed by atoms with E-state index in [2.05, 4.69) is 24.2 Å². The van der Waals surface area contributed by atoms with Gasteiger partial charge in [0.1, 0.15) is 0 Å². The molecule has 0 aliphatic carbocycles. The second-order valence-corrected chi connectivity index (χ2v) is 7.58. The Hall–Kier alpha value is -2.47. The molecular weight excluding hydrogens is 330 g/mol. The van der Waals surface area contributed by atoms with Gasteiger partial charge in [-0.15, -0.1) is 0 Å². The lowest BCUT2D eigenvalue weighted by atomic mass is 9.81. The SMILES string of the molecule is Cc1ccccc1Cn1nc(N2C(=O)[C@@H]3[C@H](C2=O)[C@H]2CC[C@@H]3O2)cc1C. The molecule has 4 heterocycles. The fourth-order valence-corrected chi connectivity index (χ4v) is 4.65. The van der Waals surface area contributed by atoms with E-state index < -0.39 is 0 Å². The number of fused-ring (bicyclic) bond motifs is 5. The molecule has 3 aliphatic rings. The summed E-state index contributed by atoms with van der Waals surface area (Å²) in [5.41, 5.74) is 3.30. The summed E-state index contributed by atoms with van der Waals surface area (Å²) in [6.45, 7) is 4.64. The zero-order valence-corrected chi connectivity index (χ0v) is 14.9. The molecular formula is C20H21N3O3. The molecule has 6 heteroatoms. The number of hydrogen-bond acceptors (Lipinski definition) is 4. The topological polar surface area (TPSA) is 64.4 Å². The normalized spacial score (nSPS) is 29.7. The molecule has 3 aliphatic heterocycles. The van der Waals surface area contributed by atoms with Gasteiger partial charge in [0.15, 0.2) is 5.82 Å². The van der Waals surface area contributed by atoms with E-state index in [-0.39, 0.29) is 35.9 Å². The van der Waals surface area contributed by atoms with Crippen LogP contribution in [0.25, 0.3) is 0 Å². The maximum atomic E-state index is 12.9. The molecule has 3 fully saturated rings. The fourth-order valence-electron chi connectivity index (χ4n) is 4.65. The number of aromatic nitrogens is 2. The van der Waals surface area contributed by atoms with Crippen LogP contribution in [0.5, 0.6) is 0 Å². The van der Waals surface area contributed by atoms with Gasteiger partial charge in [-0.2, -0.15) is 5.10 Å². The number of nitrogens with zero attached hydrogens (tertiary/aromatic N) is 3. The van der Waals surface area contributed by atoms with E-state index in [9.17, 15) is 9.59 Å².